The van der Waals surface area contributed by atoms with Crippen LogP contribution in [0.2, 0.25) is 0 Å². The van der Waals surface area contributed by atoms with Gasteiger partial charge in [-0.05, 0) is 51.6 Å². The second-order valence-corrected chi connectivity index (χ2v) is 6.32. The topological polar surface area (TPSA) is 32.7 Å². The Morgan fingerprint density at radius 2 is 1.88 bits per heavy atom. The second kappa shape index (κ2) is 4.52. The standard InChI is InChI=1S/C14H25NO2/c1-14(16)12-10-17-9-11(12)5-6-13(14)15-7-3-2-4-8-15/h11-13,16H,2-10H2,1H3/t11-,12+,13-,14+/m0/s1. The van der Waals surface area contributed by atoms with Gasteiger partial charge in [0.05, 0.1) is 12.2 Å². The number of fused-ring (bicyclic) bond motifs is 1. The van der Waals surface area contributed by atoms with Gasteiger partial charge in [0, 0.05) is 18.6 Å². The summed E-state index contributed by atoms with van der Waals surface area (Å²) in [4.78, 5) is 2.54. The molecule has 0 radical (unpaired) electrons. The number of aliphatic hydroxyl groups is 1. The highest BCUT2D eigenvalue weighted by molar-refractivity contribution is 5.03. The molecule has 1 saturated carbocycles. The van der Waals surface area contributed by atoms with Crippen LogP contribution in [0.5, 0.6) is 0 Å². The lowest BCUT2D eigenvalue weighted by Crippen LogP contribution is -2.60. The smallest absolute Gasteiger partial charge is 0.0827 e. The normalized spacial score (nSPS) is 48.0. The van der Waals surface area contributed by atoms with Gasteiger partial charge in [0.1, 0.15) is 0 Å². The molecule has 0 aromatic heterocycles. The maximum absolute atomic E-state index is 10.9. The van der Waals surface area contributed by atoms with E-state index in [-0.39, 0.29) is 0 Å². The number of hydrogen-bond donors (Lipinski definition) is 1. The zero-order chi connectivity index (χ0) is 11.9. The van der Waals surface area contributed by atoms with Crippen LogP contribution in [0.25, 0.3) is 0 Å². The molecule has 17 heavy (non-hydrogen) atoms. The Morgan fingerprint density at radius 1 is 1.12 bits per heavy atom. The van der Waals surface area contributed by atoms with Crippen molar-refractivity contribution in [2.75, 3.05) is 26.3 Å². The molecule has 0 unspecified atom stereocenters. The molecule has 0 spiro atoms. The molecule has 0 bridgehead atoms. The Bertz CT molecular complexity index is 273. The quantitative estimate of drug-likeness (QED) is 0.755. The Labute approximate surface area is 104 Å². The Hall–Kier alpha value is -0.120. The van der Waals surface area contributed by atoms with Crippen molar-refractivity contribution in [3.63, 3.8) is 0 Å². The number of rotatable bonds is 1. The monoisotopic (exact) mass is 239 g/mol. The van der Waals surface area contributed by atoms with E-state index in [1.807, 2.05) is 0 Å². The van der Waals surface area contributed by atoms with Crippen LogP contribution in [0.4, 0.5) is 0 Å². The van der Waals surface area contributed by atoms with Crippen LogP contribution in [0.3, 0.4) is 0 Å². The molecule has 1 N–H and O–H groups in total. The highest BCUT2D eigenvalue weighted by atomic mass is 16.5. The van der Waals surface area contributed by atoms with Crippen molar-refractivity contribution in [1.82, 2.24) is 4.90 Å². The molecule has 0 aromatic rings. The van der Waals surface area contributed by atoms with Crippen molar-refractivity contribution < 1.29 is 9.84 Å². The molecule has 3 heteroatoms. The first kappa shape index (κ1) is 11.9. The summed E-state index contributed by atoms with van der Waals surface area (Å²) in [6, 6.07) is 0.366. The summed E-state index contributed by atoms with van der Waals surface area (Å²) in [5.41, 5.74) is -0.545. The zero-order valence-corrected chi connectivity index (χ0v) is 10.9. The van der Waals surface area contributed by atoms with Gasteiger partial charge in [-0.25, -0.2) is 0 Å². The minimum absolute atomic E-state index is 0.364. The highest BCUT2D eigenvalue weighted by Crippen LogP contribution is 2.43. The number of piperidine rings is 1. The van der Waals surface area contributed by atoms with Crippen molar-refractivity contribution in [2.24, 2.45) is 11.8 Å². The van der Waals surface area contributed by atoms with Gasteiger partial charge in [0.15, 0.2) is 0 Å². The summed E-state index contributed by atoms with van der Waals surface area (Å²) in [7, 11) is 0. The van der Waals surface area contributed by atoms with Crippen molar-refractivity contribution in [3.05, 3.63) is 0 Å². The van der Waals surface area contributed by atoms with Crippen molar-refractivity contribution in [3.8, 4) is 0 Å². The fourth-order valence-electron chi connectivity index (χ4n) is 4.22. The molecule has 2 saturated heterocycles. The fourth-order valence-corrected chi connectivity index (χ4v) is 4.22. The summed E-state index contributed by atoms with van der Waals surface area (Å²) < 4.78 is 5.58. The molecule has 4 atom stereocenters. The number of hydrogen-bond acceptors (Lipinski definition) is 3. The van der Waals surface area contributed by atoms with E-state index in [0.29, 0.717) is 17.9 Å². The fraction of sp³-hybridized carbons (Fsp3) is 1.00. The first-order valence-electron chi connectivity index (χ1n) is 7.24. The van der Waals surface area contributed by atoms with E-state index in [0.717, 1.165) is 19.6 Å². The second-order valence-electron chi connectivity index (χ2n) is 6.32. The van der Waals surface area contributed by atoms with Gasteiger partial charge in [-0.3, -0.25) is 4.90 Å². The molecule has 3 rings (SSSR count). The van der Waals surface area contributed by atoms with Gasteiger partial charge in [-0.1, -0.05) is 6.42 Å². The summed E-state index contributed by atoms with van der Waals surface area (Å²) in [6.07, 6.45) is 6.36. The van der Waals surface area contributed by atoms with E-state index in [1.54, 1.807) is 0 Å². The van der Waals surface area contributed by atoms with Gasteiger partial charge in [0.2, 0.25) is 0 Å². The van der Waals surface area contributed by atoms with Crippen LogP contribution < -0.4 is 0 Å². The summed E-state index contributed by atoms with van der Waals surface area (Å²) in [6.45, 7) is 6.05. The SMILES string of the molecule is C[C@@]1(O)[C@@H]2COC[C@@H]2CC[C@@H]1N1CCCCC1. The third-order valence-corrected chi connectivity index (χ3v) is 5.27. The predicted octanol–water partition coefficient (Wildman–Crippen LogP) is 1.65. The number of nitrogens with zero attached hydrogens (tertiary/aromatic N) is 1. The zero-order valence-electron chi connectivity index (χ0n) is 10.9. The Morgan fingerprint density at radius 3 is 2.65 bits per heavy atom. The van der Waals surface area contributed by atoms with Gasteiger partial charge in [-0.2, -0.15) is 0 Å². The molecular weight excluding hydrogens is 214 g/mol. The summed E-state index contributed by atoms with van der Waals surface area (Å²) >= 11 is 0. The average Bonchev–Trinajstić information content (AvgIpc) is 2.80. The van der Waals surface area contributed by atoms with Crippen LogP contribution in [0.1, 0.15) is 39.0 Å². The third kappa shape index (κ3) is 2.02. The highest BCUT2D eigenvalue weighted by Gasteiger charge is 2.51. The number of likely N-dealkylation sites (tertiary alicyclic amines) is 1. The molecule has 0 aromatic carbocycles. The van der Waals surface area contributed by atoms with E-state index >= 15 is 0 Å². The van der Waals surface area contributed by atoms with Crippen molar-refractivity contribution in [2.45, 2.75) is 50.7 Å². The van der Waals surface area contributed by atoms with Crippen molar-refractivity contribution in [1.29, 1.82) is 0 Å². The number of ether oxygens (including phenoxy) is 1. The van der Waals surface area contributed by atoms with Crippen LogP contribution >= 0.6 is 0 Å². The van der Waals surface area contributed by atoms with E-state index in [9.17, 15) is 5.11 Å². The van der Waals surface area contributed by atoms with E-state index in [4.69, 9.17) is 4.74 Å². The van der Waals surface area contributed by atoms with E-state index < -0.39 is 5.60 Å². The molecular formula is C14H25NO2. The summed E-state index contributed by atoms with van der Waals surface area (Å²) in [5.74, 6) is 0.967. The predicted molar refractivity (Wildman–Crippen MR) is 66.9 cm³/mol. The molecule has 2 aliphatic heterocycles. The Balaban J connectivity index is 1.75. The Kier molecular flexibility index (Phi) is 3.18. The molecule has 3 fully saturated rings. The van der Waals surface area contributed by atoms with Gasteiger partial charge in [-0.15, -0.1) is 0 Å². The molecule has 2 heterocycles. The van der Waals surface area contributed by atoms with Gasteiger partial charge < -0.3 is 9.84 Å². The third-order valence-electron chi connectivity index (χ3n) is 5.27. The molecule has 1 aliphatic carbocycles. The molecule has 3 nitrogen and oxygen atoms in total. The van der Waals surface area contributed by atoms with Crippen LogP contribution in [0, 0.1) is 11.8 Å². The lowest BCUT2D eigenvalue weighted by atomic mass is 9.68. The molecule has 3 aliphatic rings. The summed E-state index contributed by atoms with van der Waals surface area (Å²) in [5, 5.41) is 10.9. The first-order valence-corrected chi connectivity index (χ1v) is 7.24. The van der Waals surface area contributed by atoms with Crippen molar-refractivity contribution >= 4 is 0 Å². The maximum Gasteiger partial charge on any atom is 0.0827 e. The first-order chi connectivity index (χ1) is 8.19. The maximum atomic E-state index is 10.9. The van der Waals surface area contributed by atoms with E-state index in [1.165, 1.54) is 38.8 Å². The van der Waals surface area contributed by atoms with E-state index in [2.05, 4.69) is 11.8 Å². The lowest BCUT2D eigenvalue weighted by molar-refractivity contribution is -0.113. The van der Waals surface area contributed by atoms with Crippen LogP contribution in [0.15, 0.2) is 0 Å². The minimum Gasteiger partial charge on any atom is -0.388 e. The van der Waals surface area contributed by atoms with Crippen LogP contribution in [-0.4, -0.2) is 48.0 Å². The molecule has 0 amide bonds. The van der Waals surface area contributed by atoms with Gasteiger partial charge >= 0.3 is 0 Å². The molecule has 98 valence electrons. The van der Waals surface area contributed by atoms with Gasteiger partial charge in [0.25, 0.3) is 0 Å². The average molecular weight is 239 g/mol. The van der Waals surface area contributed by atoms with Crippen LogP contribution in [-0.2, 0) is 4.74 Å². The largest absolute Gasteiger partial charge is 0.388 e. The lowest BCUT2D eigenvalue weighted by Gasteiger charge is -2.50. The minimum atomic E-state index is -0.545.